The lowest BCUT2D eigenvalue weighted by molar-refractivity contribution is 1.02. The minimum Gasteiger partial charge on any atom is -0.368 e. The number of hydrogen-bond acceptors (Lipinski definition) is 7. The van der Waals surface area contributed by atoms with E-state index in [0.717, 1.165) is 22.4 Å². The summed E-state index contributed by atoms with van der Waals surface area (Å²) in [5.74, 6) is 1.87. The molecule has 0 spiro atoms. The number of nitrogens with zero attached hydrogens (tertiary/aromatic N) is 5. The number of H-pyrrole nitrogens is 1. The van der Waals surface area contributed by atoms with Gasteiger partial charge in [0, 0.05) is 37.2 Å². The number of nitriles is 1. The second kappa shape index (κ2) is 9.45. The van der Waals surface area contributed by atoms with Gasteiger partial charge in [-0.05, 0) is 37.6 Å². The highest BCUT2D eigenvalue weighted by Crippen LogP contribution is 2.34. The molecule has 0 atom stereocenters. The number of imidazole rings is 1. The Hall–Kier alpha value is -3.96. The summed E-state index contributed by atoms with van der Waals surface area (Å²) in [6.45, 7) is 5.09. The highest BCUT2D eigenvalue weighted by atomic mass is 35.5. The van der Waals surface area contributed by atoms with Crippen molar-refractivity contribution in [1.29, 1.82) is 5.26 Å². The molecule has 0 aliphatic carbocycles. The van der Waals surface area contributed by atoms with E-state index in [4.69, 9.17) is 21.8 Å². The van der Waals surface area contributed by atoms with Crippen LogP contribution in [0, 0.1) is 25.2 Å². The lowest BCUT2D eigenvalue weighted by Crippen LogP contribution is -2.16. The van der Waals surface area contributed by atoms with Gasteiger partial charge in [0.15, 0.2) is 0 Å². The first-order chi connectivity index (χ1) is 15.5. The highest BCUT2D eigenvalue weighted by Gasteiger charge is 2.16. The molecule has 3 N–H and O–H groups in total. The Kier molecular flexibility index (Phi) is 6.29. The van der Waals surface area contributed by atoms with Crippen molar-refractivity contribution < 1.29 is 0 Å². The van der Waals surface area contributed by atoms with Crippen LogP contribution in [0.25, 0.3) is 22.6 Å². The molecular formula is C23H21ClN8. The first-order valence-electron chi connectivity index (χ1n) is 10.0. The van der Waals surface area contributed by atoms with Crippen molar-refractivity contribution in [1.82, 2.24) is 24.9 Å². The van der Waals surface area contributed by atoms with Crippen LogP contribution in [0.5, 0.6) is 0 Å². The third-order valence-electron chi connectivity index (χ3n) is 4.74. The van der Waals surface area contributed by atoms with Crippen molar-refractivity contribution in [2.75, 3.05) is 23.7 Å². The maximum atomic E-state index is 8.85. The van der Waals surface area contributed by atoms with Crippen LogP contribution in [0.3, 0.4) is 0 Å². The molecule has 0 bridgehead atoms. The molecule has 3 heterocycles. The molecular weight excluding hydrogens is 424 g/mol. The van der Waals surface area contributed by atoms with Gasteiger partial charge in [-0.3, -0.25) is 0 Å². The molecule has 8 nitrogen and oxygen atoms in total. The standard InChI is InChI=1S/C23H21ClN8/c1-14-3-5-17(19(24)9-14)21-18(22-29-11-15(2)31-22)13-30-23(32-21)27-8-7-26-20-6-4-16(10-25)12-28-20/h3-6,9,11-13H,7-8H2,1-2H3,(H,26,28)(H,29,31)(H,27,30,32). The van der Waals surface area contributed by atoms with Gasteiger partial charge in [0.2, 0.25) is 5.95 Å². The number of halogens is 1. The van der Waals surface area contributed by atoms with E-state index in [0.29, 0.717) is 47.0 Å². The van der Waals surface area contributed by atoms with E-state index in [1.165, 1.54) is 6.20 Å². The minimum atomic E-state index is 0.484. The molecule has 9 heteroatoms. The van der Waals surface area contributed by atoms with Crippen LogP contribution in [-0.2, 0) is 0 Å². The fourth-order valence-electron chi connectivity index (χ4n) is 3.14. The smallest absolute Gasteiger partial charge is 0.223 e. The van der Waals surface area contributed by atoms with E-state index in [-0.39, 0.29) is 0 Å². The summed E-state index contributed by atoms with van der Waals surface area (Å²) in [4.78, 5) is 21.1. The largest absolute Gasteiger partial charge is 0.368 e. The van der Waals surface area contributed by atoms with Crippen molar-refractivity contribution in [3.63, 3.8) is 0 Å². The molecule has 1 aromatic carbocycles. The van der Waals surface area contributed by atoms with Gasteiger partial charge in [-0.2, -0.15) is 5.26 Å². The summed E-state index contributed by atoms with van der Waals surface area (Å²) in [7, 11) is 0. The molecule has 3 aromatic heterocycles. The zero-order chi connectivity index (χ0) is 22.5. The van der Waals surface area contributed by atoms with Gasteiger partial charge < -0.3 is 15.6 Å². The Morgan fingerprint density at radius 1 is 1.00 bits per heavy atom. The van der Waals surface area contributed by atoms with Crippen molar-refractivity contribution >= 4 is 23.4 Å². The fourth-order valence-corrected chi connectivity index (χ4v) is 3.46. The minimum absolute atomic E-state index is 0.484. The van der Waals surface area contributed by atoms with Crippen molar-refractivity contribution in [3.05, 3.63) is 70.8 Å². The lowest BCUT2D eigenvalue weighted by Gasteiger charge is -2.12. The van der Waals surface area contributed by atoms with Gasteiger partial charge in [-0.25, -0.2) is 19.9 Å². The zero-order valence-electron chi connectivity index (χ0n) is 17.6. The maximum absolute atomic E-state index is 8.85. The normalized spacial score (nSPS) is 10.6. The van der Waals surface area contributed by atoms with Crippen LogP contribution < -0.4 is 10.6 Å². The van der Waals surface area contributed by atoms with Crippen LogP contribution in [0.2, 0.25) is 5.02 Å². The number of nitrogens with one attached hydrogen (secondary N) is 3. The number of benzene rings is 1. The number of pyridine rings is 1. The molecule has 32 heavy (non-hydrogen) atoms. The number of anilines is 2. The topological polar surface area (TPSA) is 115 Å². The Labute approximate surface area is 190 Å². The molecule has 4 aromatic rings. The third kappa shape index (κ3) is 4.85. The van der Waals surface area contributed by atoms with Gasteiger partial charge >= 0.3 is 0 Å². The summed E-state index contributed by atoms with van der Waals surface area (Å²) < 4.78 is 0. The number of aromatic amines is 1. The van der Waals surface area contributed by atoms with Crippen LogP contribution in [0.1, 0.15) is 16.8 Å². The van der Waals surface area contributed by atoms with E-state index in [2.05, 4.69) is 36.6 Å². The SMILES string of the molecule is Cc1ccc(-c2nc(NCCNc3ccc(C#N)cn3)ncc2-c2nc(C)c[nH]2)c(Cl)c1. The second-order valence-corrected chi connectivity index (χ2v) is 7.63. The van der Waals surface area contributed by atoms with E-state index in [9.17, 15) is 0 Å². The molecule has 0 radical (unpaired) electrons. The van der Waals surface area contributed by atoms with Crippen LogP contribution in [0.4, 0.5) is 11.8 Å². The van der Waals surface area contributed by atoms with E-state index in [1.54, 1.807) is 18.3 Å². The van der Waals surface area contributed by atoms with Crippen LogP contribution >= 0.6 is 11.6 Å². The third-order valence-corrected chi connectivity index (χ3v) is 5.05. The molecule has 0 aliphatic rings. The van der Waals surface area contributed by atoms with E-state index >= 15 is 0 Å². The zero-order valence-corrected chi connectivity index (χ0v) is 18.4. The molecule has 0 saturated carbocycles. The lowest BCUT2D eigenvalue weighted by atomic mass is 10.0. The maximum Gasteiger partial charge on any atom is 0.223 e. The Morgan fingerprint density at radius 3 is 2.53 bits per heavy atom. The fraction of sp³-hybridized carbons (Fsp3) is 0.174. The molecule has 0 fully saturated rings. The predicted molar refractivity (Wildman–Crippen MR) is 125 cm³/mol. The molecule has 0 amide bonds. The molecule has 4 rings (SSSR count). The number of aryl methyl sites for hydroxylation is 2. The Morgan fingerprint density at radius 2 is 1.84 bits per heavy atom. The van der Waals surface area contributed by atoms with E-state index in [1.807, 2.05) is 38.2 Å². The van der Waals surface area contributed by atoms with E-state index < -0.39 is 0 Å². The van der Waals surface area contributed by atoms with Crippen molar-refractivity contribution in [3.8, 4) is 28.7 Å². The average Bonchev–Trinajstić information content (AvgIpc) is 3.23. The van der Waals surface area contributed by atoms with Gasteiger partial charge in [0.05, 0.1) is 27.5 Å². The molecule has 0 aliphatic heterocycles. The molecule has 0 unspecified atom stereocenters. The summed E-state index contributed by atoms with van der Waals surface area (Å²) >= 11 is 6.55. The second-order valence-electron chi connectivity index (χ2n) is 7.23. The van der Waals surface area contributed by atoms with Crippen LogP contribution in [-0.4, -0.2) is 38.0 Å². The highest BCUT2D eigenvalue weighted by molar-refractivity contribution is 6.33. The van der Waals surface area contributed by atoms with Crippen molar-refractivity contribution in [2.24, 2.45) is 0 Å². The first-order valence-corrected chi connectivity index (χ1v) is 10.4. The van der Waals surface area contributed by atoms with Gasteiger partial charge in [-0.15, -0.1) is 0 Å². The summed E-state index contributed by atoms with van der Waals surface area (Å²) in [5, 5.41) is 15.9. The Balaban J connectivity index is 1.53. The number of aromatic nitrogens is 5. The molecule has 0 saturated heterocycles. The monoisotopic (exact) mass is 444 g/mol. The first kappa shape index (κ1) is 21.3. The average molecular weight is 445 g/mol. The quantitative estimate of drug-likeness (QED) is 0.357. The van der Waals surface area contributed by atoms with Gasteiger partial charge in [-0.1, -0.05) is 23.7 Å². The van der Waals surface area contributed by atoms with Crippen molar-refractivity contribution in [2.45, 2.75) is 13.8 Å². The summed E-state index contributed by atoms with van der Waals surface area (Å²) in [6, 6.07) is 11.4. The van der Waals surface area contributed by atoms with Gasteiger partial charge in [0.25, 0.3) is 0 Å². The summed E-state index contributed by atoms with van der Waals surface area (Å²) in [6.07, 6.45) is 5.12. The van der Waals surface area contributed by atoms with Gasteiger partial charge in [0.1, 0.15) is 17.7 Å². The number of hydrogen-bond donors (Lipinski definition) is 3. The van der Waals surface area contributed by atoms with Crippen LogP contribution in [0.15, 0.2) is 48.9 Å². The predicted octanol–water partition coefficient (Wildman–Crippen LogP) is 4.59. The Bertz CT molecular complexity index is 1270. The molecule has 160 valence electrons. The summed E-state index contributed by atoms with van der Waals surface area (Å²) in [5.41, 5.74) is 4.76. The number of rotatable bonds is 7.